The van der Waals surface area contributed by atoms with Gasteiger partial charge >= 0.3 is 0 Å². The zero-order chi connectivity index (χ0) is 46.4. The minimum atomic E-state index is -4.57. The number of hydrogen-bond donors (Lipinski definition) is 2. The summed E-state index contributed by atoms with van der Waals surface area (Å²) in [5.41, 5.74) is 0. The standard InChI is InChI=1S/C54H109N2O6P/c1-6-8-10-12-14-16-18-20-22-24-26-27-28-29-30-31-33-35-37-39-41-43-45-47-53(57)52(51-62-63(59,60)61-50-49-56(3,4)5)55-54(58)48-46-44-42-40-38-36-34-32-25-23-21-19-17-15-13-11-9-7-2/h23,25,52-53,57H,6-22,24,26-51H2,1-5H3,(H-,55,58,59,60)/b25-23-. The first kappa shape index (κ1) is 62.2. The molecule has 0 fully saturated rings. The molecule has 0 rings (SSSR count). The lowest BCUT2D eigenvalue weighted by Crippen LogP contribution is -2.46. The molecule has 0 aliphatic heterocycles. The van der Waals surface area contributed by atoms with E-state index in [-0.39, 0.29) is 19.1 Å². The van der Waals surface area contributed by atoms with Crippen molar-refractivity contribution in [1.82, 2.24) is 5.32 Å². The first-order valence-electron chi connectivity index (χ1n) is 27.5. The number of phosphoric ester groups is 1. The van der Waals surface area contributed by atoms with E-state index in [0.717, 1.165) is 38.5 Å². The number of hydrogen-bond acceptors (Lipinski definition) is 6. The van der Waals surface area contributed by atoms with Gasteiger partial charge in [0.1, 0.15) is 13.2 Å². The van der Waals surface area contributed by atoms with Crippen LogP contribution in [0.4, 0.5) is 0 Å². The molecule has 3 atom stereocenters. The minimum absolute atomic E-state index is 0.0137. The summed E-state index contributed by atoms with van der Waals surface area (Å²) in [6, 6.07) is -0.800. The number of nitrogens with one attached hydrogen (secondary N) is 1. The van der Waals surface area contributed by atoms with Gasteiger partial charge in [-0.2, -0.15) is 0 Å². The highest BCUT2D eigenvalue weighted by Gasteiger charge is 2.24. The van der Waals surface area contributed by atoms with E-state index in [1.54, 1.807) is 0 Å². The van der Waals surface area contributed by atoms with Gasteiger partial charge in [0.2, 0.25) is 5.91 Å². The van der Waals surface area contributed by atoms with Gasteiger partial charge in [-0.05, 0) is 38.5 Å². The lowest BCUT2D eigenvalue weighted by molar-refractivity contribution is -0.870. The van der Waals surface area contributed by atoms with Crippen LogP contribution >= 0.6 is 7.82 Å². The van der Waals surface area contributed by atoms with Crippen molar-refractivity contribution < 1.29 is 32.9 Å². The molecular formula is C54H109N2O6P. The molecule has 376 valence electrons. The summed E-state index contributed by atoms with van der Waals surface area (Å²) in [5.74, 6) is -0.165. The third-order valence-electron chi connectivity index (χ3n) is 12.8. The van der Waals surface area contributed by atoms with E-state index in [0.29, 0.717) is 23.9 Å². The summed E-state index contributed by atoms with van der Waals surface area (Å²) in [4.78, 5) is 25.5. The maximum atomic E-state index is 12.9. The maximum absolute atomic E-state index is 12.9. The van der Waals surface area contributed by atoms with E-state index in [4.69, 9.17) is 9.05 Å². The minimum Gasteiger partial charge on any atom is -0.756 e. The van der Waals surface area contributed by atoms with Crippen molar-refractivity contribution in [3.63, 3.8) is 0 Å². The number of aliphatic hydroxyl groups excluding tert-OH is 1. The van der Waals surface area contributed by atoms with Crippen LogP contribution in [0.2, 0.25) is 0 Å². The van der Waals surface area contributed by atoms with Crippen molar-refractivity contribution in [2.75, 3.05) is 40.9 Å². The Hall–Kier alpha value is -0.760. The Balaban J connectivity index is 4.18. The fourth-order valence-electron chi connectivity index (χ4n) is 8.39. The molecule has 0 aliphatic rings. The van der Waals surface area contributed by atoms with Crippen LogP contribution in [-0.2, 0) is 18.4 Å². The largest absolute Gasteiger partial charge is 0.756 e. The smallest absolute Gasteiger partial charge is 0.268 e. The molecule has 0 aromatic carbocycles. The number of aliphatic hydroxyl groups is 1. The monoisotopic (exact) mass is 913 g/mol. The van der Waals surface area contributed by atoms with Gasteiger partial charge < -0.3 is 28.8 Å². The molecule has 0 saturated carbocycles. The van der Waals surface area contributed by atoms with Crippen molar-refractivity contribution in [2.45, 2.75) is 289 Å². The van der Waals surface area contributed by atoms with E-state index >= 15 is 0 Å². The van der Waals surface area contributed by atoms with Crippen LogP contribution in [-0.4, -0.2) is 68.5 Å². The first-order valence-corrected chi connectivity index (χ1v) is 29.0. The molecule has 1 amide bonds. The number of phosphoric acid groups is 1. The Morgan fingerprint density at radius 1 is 0.540 bits per heavy atom. The van der Waals surface area contributed by atoms with Crippen LogP contribution in [0.1, 0.15) is 277 Å². The second-order valence-electron chi connectivity index (χ2n) is 20.3. The van der Waals surface area contributed by atoms with Crippen LogP contribution in [0, 0.1) is 0 Å². The summed E-state index contributed by atoms with van der Waals surface area (Å²) in [7, 11) is 1.31. The zero-order valence-electron chi connectivity index (χ0n) is 42.8. The average molecular weight is 913 g/mol. The van der Waals surface area contributed by atoms with Crippen LogP contribution in [0.5, 0.6) is 0 Å². The van der Waals surface area contributed by atoms with Gasteiger partial charge in [-0.3, -0.25) is 9.36 Å². The van der Waals surface area contributed by atoms with Gasteiger partial charge in [0.25, 0.3) is 7.82 Å². The fourth-order valence-corrected chi connectivity index (χ4v) is 9.11. The molecule has 0 spiro atoms. The van der Waals surface area contributed by atoms with Crippen LogP contribution < -0.4 is 10.2 Å². The number of quaternary nitrogens is 1. The van der Waals surface area contributed by atoms with Gasteiger partial charge in [-0.15, -0.1) is 0 Å². The number of carbonyl (C=O) groups is 1. The van der Waals surface area contributed by atoms with Crippen molar-refractivity contribution >= 4 is 13.7 Å². The Morgan fingerprint density at radius 2 is 0.873 bits per heavy atom. The van der Waals surface area contributed by atoms with Crippen LogP contribution in [0.3, 0.4) is 0 Å². The molecule has 0 saturated heterocycles. The number of likely N-dealkylation sites (N-methyl/N-ethyl adjacent to an activating group) is 1. The van der Waals surface area contributed by atoms with Gasteiger partial charge in [0.15, 0.2) is 0 Å². The number of carbonyl (C=O) groups excluding carboxylic acids is 1. The molecule has 0 aliphatic carbocycles. The van der Waals surface area contributed by atoms with E-state index in [9.17, 15) is 19.4 Å². The molecule has 2 N–H and O–H groups in total. The normalized spacial score (nSPS) is 14.1. The third kappa shape index (κ3) is 49.0. The van der Waals surface area contributed by atoms with E-state index in [1.165, 1.54) is 212 Å². The Bertz CT molecular complexity index is 1040. The van der Waals surface area contributed by atoms with Gasteiger partial charge in [0, 0.05) is 6.42 Å². The lowest BCUT2D eigenvalue weighted by atomic mass is 10.0. The van der Waals surface area contributed by atoms with Gasteiger partial charge in [0.05, 0.1) is 39.9 Å². The maximum Gasteiger partial charge on any atom is 0.268 e. The predicted octanol–water partition coefficient (Wildman–Crippen LogP) is 15.6. The fraction of sp³-hybridized carbons (Fsp3) is 0.944. The molecule has 0 bridgehead atoms. The van der Waals surface area contributed by atoms with Crippen molar-refractivity contribution in [2.24, 2.45) is 0 Å². The molecule has 0 heterocycles. The highest BCUT2D eigenvalue weighted by Crippen LogP contribution is 2.38. The second-order valence-corrected chi connectivity index (χ2v) is 21.7. The molecule has 8 nitrogen and oxygen atoms in total. The topological polar surface area (TPSA) is 108 Å². The number of nitrogens with zero attached hydrogens (tertiary/aromatic N) is 1. The van der Waals surface area contributed by atoms with Crippen molar-refractivity contribution in [3.05, 3.63) is 12.2 Å². The predicted molar refractivity (Wildman–Crippen MR) is 270 cm³/mol. The van der Waals surface area contributed by atoms with Crippen LogP contribution in [0.15, 0.2) is 12.2 Å². The summed E-state index contributed by atoms with van der Waals surface area (Å²) in [6.45, 7) is 4.75. The molecule has 0 radical (unpaired) electrons. The van der Waals surface area contributed by atoms with E-state index in [1.807, 2.05) is 21.1 Å². The Kier molecular flexibility index (Phi) is 45.8. The molecule has 9 heteroatoms. The molecular weight excluding hydrogens is 804 g/mol. The van der Waals surface area contributed by atoms with Gasteiger partial charge in [-0.1, -0.05) is 244 Å². The summed E-state index contributed by atoms with van der Waals surface area (Å²) >= 11 is 0. The zero-order valence-corrected chi connectivity index (χ0v) is 43.7. The molecule has 0 aromatic heterocycles. The van der Waals surface area contributed by atoms with Gasteiger partial charge in [-0.25, -0.2) is 0 Å². The third-order valence-corrected chi connectivity index (χ3v) is 13.7. The van der Waals surface area contributed by atoms with Crippen molar-refractivity contribution in [3.8, 4) is 0 Å². The highest BCUT2D eigenvalue weighted by molar-refractivity contribution is 7.45. The summed E-state index contributed by atoms with van der Waals surface area (Å²) < 4.78 is 23.4. The number of allylic oxidation sites excluding steroid dienone is 2. The summed E-state index contributed by atoms with van der Waals surface area (Å²) in [5, 5.41) is 14.0. The van der Waals surface area contributed by atoms with Crippen LogP contribution in [0.25, 0.3) is 0 Å². The summed E-state index contributed by atoms with van der Waals surface area (Å²) in [6.07, 6.45) is 55.2. The SMILES string of the molecule is CCCCCCCCC/C=C\CCCCCCCCCC(=O)NC(COP(=O)([O-])OCC[N+](C)(C)C)C(O)CCCCCCCCCCCCCCCCCCCCCCCCC. The quantitative estimate of drug-likeness (QED) is 0.0272. The second kappa shape index (κ2) is 46.4. The highest BCUT2D eigenvalue weighted by atomic mass is 31.2. The Morgan fingerprint density at radius 3 is 1.24 bits per heavy atom. The van der Waals surface area contributed by atoms with Crippen molar-refractivity contribution in [1.29, 1.82) is 0 Å². The van der Waals surface area contributed by atoms with E-state index < -0.39 is 20.0 Å². The van der Waals surface area contributed by atoms with E-state index in [2.05, 4.69) is 31.3 Å². The lowest BCUT2D eigenvalue weighted by Gasteiger charge is -2.30. The molecule has 63 heavy (non-hydrogen) atoms. The molecule has 3 unspecified atom stereocenters. The number of rotatable bonds is 51. The molecule has 0 aromatic rings. The first-order chi connectivity index (χ1) is 30.5. The number of amides is 1. The average Bonchev–Trinajstić information content (AvgIpc) is 3.24. The Labute approximate surface area is 392 Å². The number of unbranched alkanes of at least 4 members (excludes halogenated alkanes) is 36.